The maximum absolute atomic E-state index is 13.8. The molecule has 1 atom stereocenters. The SMILES string of the molecule is COc1ccc(/C(O)=C2/C(=O)C(=O)N(c3ccc(N4CCCC4)cc3)C2c2ccc(F)cc2)cc1OC. The van der Waals surface area contributed by atoms with Crippen LogP contribution in [0.3, 0.4) is 0 Å². The third kappa shape index (κ3) is 4.39. The van der Waals surface area contributed by atoms with Crippen LogP contribution in [0, 0.1) is 5.82 Å². The predicted octanol–water partition coefficient (Wildman–Crippen LogP) is 5.07. The normalized spacial score (nSPS) is 18.9. The van der Waals surface area contributed by atoms with Gasteiger partial charge >= 0.3 is 0 Å². The maximum Gasteiger partial charge on any atom is 0.300 e. The van der Waals surface area contributed by atoms with Gasteiger partial charge in [-0.3, -0.25) is 14.5 Å². The molecular weight excluding hydrogens is 475 g/mol. The summed E-state index contributed by atoms with van der Waals surface area (Å²) in [6, 6.07) is 16.8. The summed E-state index contributed by atoms with van der Waals surface area (Å²) in [4.78, 5) is 30.4. The molecule has 1 amide bonds. The fraction of sp³-hybridized carbons (Fsp3) is 0.241. The molecule has 1 N–H and O–H groups in total. The predicted molar refractivity (Wildman–Crippen MR) is 139 cm³/mol. The molecule has 0 aromatic heterocycles. The summed E-state index contributed by atoms with van der Waals surface area (Å²) >= 11 is 0. The Bertz CT molecular complexity index is 1360. The number of benzene rings is 3. The van der Waals surface area contributed by atoms with Crippen LogP contribution in [0.1, 0.15) is 30.0 Å². The van der Waals surface area contributed by atoms with E-state index in [0.29, 0.717) is 22.7 Å². The summed E-state index contributed by atoms with van der Waals surface area (Å²) in [7, 11) is 2.96. The van der Waals surface area contributed by atoms with Gasteiger partial charge in [0.2, 0.25) is 0 Å². The minimum atomic E-state index is -0.952. The molecule has 190 valence electrons. The van der Waals surface area contributed by atoms with Gasteiger partial charge in [0.1, 0.15) is 11.6 Å². The van der Waals surface area contributed by atoms with Crippen LogP contribution >= 0.6 is 0 Å². The lowest BCUT2D eigenvalue weighted by Gasteiger charge is -2.26. The lowest BCUT2D eigenvalue weighted by Crippen LogP contribution is -2.29. The maximum atomic E-state index is 13.8. The molecule has 3 aromatic rings. The number of Topliss-reactive ketones (excluding diaryl/α,β-unsaturated/α-hetero) is 1. The van der Waals surface area contributed by atoms with Crippen molar-refractivity contribution in [3.05, 3.63) is 89.2 Å². The summed E-state index contributed by atoms with van der Waals surface area (Å²) in [6.45, 7) is 1.95. The Labute approximate surface area is 214 Å². The first-order chi connectivity index (χ1) is 17.9. The molecular formula is C29H27FN2O5. The zero-order valence-electron chi connectivity index (χ0n) is 20.6. The smallest absolute Gasteiger partial charge is 0.300 e. The van der Waals surface area contributed by atoms with Crippen LogP contribution in [0.5, 0.6) is 11.5 Å². The van der Waals surface area contributed by atoms with Gasteiger partial charge in [-0.25, -0.2) is 4.39 Å². The number of rotatable bonds is 6. The Balaban J connectivity index is 1.63. The van der Waals surface area contributed by atoms with Gasteiger partial charge in [-0.15, -0.1) is 0 Å². The van der Waals surface area contributed by atoms with Gasteiger partial charge in [0.25, 0.3) is 11.7 Å². The first-order valence-electron chi connectivity index (χ1n) is 12.1. The van der Waals surface area contributed by atoms with Crippen LogP contribution in [0.2, 0.25) is 0 Å². The average Bonchev–Trinajstić information content (AvgIpc) is 3.56. The van der Waals surface area contributed by atoms with Crippen LogP contribution < -0.4 is 19.3 Å². The third-order valence-corrected chi connectivity index (χ3v) is 6.89. The van der Waals surface area contributed by atoms with E-state index in [0.717, 1.165) is 31.6 Å². The van der Waals surface area contributed by atoms with Crippen LogP contribution in [0.4, 0.5) is 15.8 Å². The minimum absolute atomic E-state index is 0.0903. The zero-order valence-corrected chi connectivity index (χ0v) is 20.6. The van der Waals surface area contributed by atoms with Gasteiger partial charge in [0, 0.05) is 30.0 Å². The van der Waals surface area contributed by atoms with Crippen LogP contribution in [-0.4, -0.2) is 44.1 Å². The molecule has 2 fully saturated rings. The second-order valence-electron chi connectivity index (χ2n) is 9.00. The number of hydrogen-bond donors (Lipinski definition) is 1. The first-order valence-corrected chi connectivity index (χ1v) is 12.1. The standard InChI is InChI=1S/C29H27FN2O5/c1-36-23-14-7-19(17-24(23)37-2)27(33)25-26(18-5-8-20(30)9-6-18)32(29(35)28(25)34)22-12-10-21(11-13-22)31-15-3-4-16-31/h5-14,17,26,33H,3-4,15-16H2,1-2H3/b27-25-. The summed E-state index contributed by atoms with van der Waals surface area (Å²) in [5.74, 6) is -1.60. The fourth-order valence-electron chi connectivity index (χ4n) is 5.00. The fourth-order valence-corrected chi connectivity index (χ4v) is 5.00. The van der Waals surface area contributed by atoms with E-state index in [9.17, 15) is 19.1 Å². The number of halogens is 1. The molecule has 2 aliphatic heterocycles. The molecule has 5 rings (SSSR count). The van der Waals surface area contributed by atoms with Gasteiger partial charge in [-0.05, 0) is 73.0 Å². The highest BCUT2D eigenvalue weighted by atomic mass is 19.1. The van der Waals surface area contributed by atoms with E-state index in [2.05, 4.69) is 4.90 Å². The van der Waals surface area contributed by atoms with Crippen LogP contribution in [0.25, 0.3) is 5.76 Å². The van der Waals surface area contributed by atoms with Gasteiger partial charge in [-0.1, -0.05) is 12.1 Å². The Morgan fingerprint density at radius 1 is 0.865 bits per heavy atom. The topological polar surface area (TPSA) is 79.3 Å². The lowest BCUT2D eigenvalue weighted by atomic mass is 9.95. The van der Waals surface area contributed by atoms with Gasteiger partial charge in [-0.2, -0.15) is 0 Å². The van der Waals surface area contributed by atoms with Crippen molar-refractivity contribution in [3.63, 3.8) is 0 Å². The Kier molecular flexibility index (Phi) is 6.56. The van der Waals surface area contributed by atoms with Crippen molar-refractivity contribution in [2.24, 2.45) is 0 Å². The molecule has 37 heavy (non-hydrogen) atoms. The van der Waals surface area contributed by atoms with E-state index < -0.39 is 23.5 Å². The molecule has 2 heterocycles. The molecule has 2 saturated heterocycles. The molecule has 2 aliphatic rings. The summed E-state index contributed by atoms with van der Waals surface area (Å²) in [5.41, 5.74) is 2.23. The van der Waals surface area contributed by atoms with E-state index in [4.69, 9.17) is 9.47 Å². The highest BCUT2D eigenvalue weighted by molar-refractivity contribution is 6.51. The van der Waals surface area contributed by atoms with E-state index in [-0.39, 0.29) is 16.9 Å². The van der Waals surface area contributed by atoms with Gasteiger partial charge in [0.15, 0.2) is 11.5 Å². The molecule has 7 nitrogen and oxygen atoms in total. The van der Waals surface area contributed by atoms with E-state index in [1.54, 1.807) is 24.3 Å². The number of nitrogens with zero attached hydrogens (tertiary/aromatic N) is 2. The van der Waals surface area contributed by atoms with Gasteiger partial charge in [0.05, 0.1) is 25.8 Å². The highest BCUT2D eigenvalue weighted by Crippen LogP contribution is 2.43. The molecule has 0 spiro atoms. The highest BCUT2D eigenvalue weighted by Gasteiger charge is 2.47. The molecule has 3 aromatic carbocycles. The van der Waals surface area contributed by atoms with E-state index in [1.807, 2.05) is 12.1 Å². The van der Waals surface area contributed by atoms with E-state index in [1.165, 1.54) is 49.5 Å². The Morgan fingerprint density at radius 3 is 2.11 bits per heavy atom. The minimum Gasteiger partial charge on any atom is -0.507 e. The number of aliphatic hydroxyl groups excluding tert-OH is 1. The van der Waals surface area contributed by atoms with Crippen molar-refractivity contribution >= 4 is 28.8 Å². The summed E-state index contributed by atoms with van der Waals surface area (Å²) < 4.78 is 24.4. The number of carbonyl (C=O) groups is 2. The van der Waals surface area contributed by atoms with Crippen LogP contribution in [-0.2, 0) is 9.59 Å². The van der Waals surface area contributed by atoms with Crippen molar-refractivity contribution in [3.8, 4) is 11.5 Å². The second-order valence-corrected chi connectivity index (χ2v) is 9.00. The summed E-state index contributed by atoms with van der Waals surface area (Å²) in [5, 5.41) is 11.3. The number of aliphatic hydroxyl groups is 1. The monoisotopic (exact) mass is 502 g/mol. The van der Waals surface area contributed by atoms with Crippen molar-refractivity contribution in [1.29, 1.82) is 0 Å². The average molecular weight is 503 g/mol. The van der Waals surface area contributed by atoms with Crippen molar-refractivity contribution in [2.45, 2.75) is 18.9 Å². The molecule has 0 saturated carbocycles. The Morgan fingerprint density at radius 2 is 1.49 bits per heavy atom. The molecule has 0 aliphatic carbocycles. The van der Waals surface area contributed by atoms with Crippen molar-refractivity contribution < 1.29 is 28.6 Å². The molecule has 0 bridgehead atoms. The quantitative estimate of drug-likeness (QED) is 0.288. The molecule has 0 radical (unpaired) electrons. The van der Waals surface area contributed by atoms with E-state index >= 15 is 0 Å². The van der Waals surface area contributed by atoms with Crippen LogP contribution in [0.15, 0.2) is 72.3 Å². The number of carbonyl (C=O) groups excluding carboxylic acids is 2. The zero-order chi connectivity index (χ0) is 26.1. The number of anilines is 2. The number of ether oxygens (including phenoxy) is 2. The van der Waals surface area contributed by atoms with Crippen molar-refractivity contribution in [1.82, 2.24) is 0 Å². The lowest BCUT2D eigenvalue weighted by molar-refractivity contribution is -0.132. The van der Waals surface area contributed by atoms with Gasteiger partial charge < -0.3 is 19.5 Å². The molecule has 1 unspecified atom stereocenters. The first kappa shape index (κ1) is 24.4. The Hall–Kier alpha value is -4.33. The number of amides is 1. The summed E-state index contributed by atoms with van der Waals surface area (Å²) in [6.07, 6.45) is 2.27. The largest absolute Gasteiger partial charge is 0.507 e. The second kappa shape index (κ2) is 9.97. The third-order valence-electron chi connectivity index (χ3n) is 6.89. The number of ketones is 1. The molecule has 8 heteroatoms. The number of hydrogen-bond acceptors (Lipinski definition) is 6. The number of methoxy groups -OCH3 is 2. The van der Waals surface area contributed by atoms with Crippen molar-refractivity contribution in [2.75, 3.05) is 37.1 Å².